The predicted octanol–water partition coefficient (Wildman–Crippen LogP) is 7.08. The number of piperidine rings is 1. The number of pyridine rings is 1. The fourth-order valence-corrected chi connectivity index (χ4v) is 6.53. The molecule has 1 aliphatic rings. The molecule has 0 bridgehead atoms. The van der Waals surface area contributed by atoms with E-state index in [4.69, 9.17) is 4.43 Å². The molecule has 0 aliphatic carbocycles. The molecule has 1 fully saturated rings. The maximum atomic E-state index is 14.3. The quantitative estimate of drug-likeness (QED) is 0.301. The molecule has 3 atom stereocenters. The minimum Gasteiger partial charge on any atom is -0.413 e. The van der Waals surface area contributed by atoms with Gasteiger partial charge in [0.1, 0.15) is 11.6 Å². The van der Waals surface area contributed by atoms with Crippen LogP contribution in [0.3, 0.4) is 0 Å². The van der Waals surface area contributed by atoms with Crippen molar-refractivity contribution in [1.82, 2.24) is 15.0 Å². The maximum absolute atomic E-state index is 14.3. The van der Waals surface area contributed by atoms with Crippen molar-refractivity contribution < 1.29 is 13.2 Å². The van der Waals surface area contributed by atoms with E-state index < -0.39 is 20.0 Å². The number of anilines is 1. The molecule has 2 aromatic heterocycles. The highest BCUT2D eigenvalue weighted by molar-refractivity contribution is 6.74. The lowest BCUT2D eigenvalue weighted by molar-refractivity contribution is 0.0627. The second-order valence-electron chi connectivity index (χ2n) is 12.2. The molecule has 1 saturated heterocycles. The number of nitrogens with zero attached hydrogens (tertiary/aromatic N) is 4. The van der Waals surface area contributed by atoms with Crippen LogP contribution in [0.4, 0.5) is 14.5 Å². The molecule has 0 amide bonds. The van der Waals surface area contributed by atoms with Gasteiger partial charge in [0.05, 0.1) is 11.7 Å². The number of rotatable bonds is 7. The van der Waals surface area contributed by atoms with Crippen LogP contribution < -0.4 is 4.90 Å². The van der Waals surface area contributed by atoms with Gasteiger partial charge in [0.2, 0.25) is 0 Å². The van der Waals surface area contributed by atoms with Crippen molar-refractivity contribution in [3.05, 3.63) is 71.8 Å². The highest BCUT2D eigenvalue weighted by atomic mass is 28.4. The Morgan fingerprint density at radius 2 is 1.63 bits per heavy atom. The van der Waals surface area contributed by atoms with E-state index in [1.807, 2.05) is 12.4 Å². The van der Waals surface area contributed by atoms with Crippen molar-refractivity contribution in [3.8, 4) is 11.4 Å². The molecule has 1 aromatic carbocycles. The fraction of sp³-hybridized carbons (Fsp3) is 0.500. The molecule has 5 nitrogen and oxygen atoms in total. The average Bonchev–Trinajstić information content (AvgIpc) is 2.84. The van der Waals surface area contributed by atoms with E-state index >= 15 is 0 Å². The van der Waals surface area contributed by atoms with Crippen molar-refractivity contribution in [2.75, 3.05) is 18.0 Å². The first-order chi connectivity index (χ1) is 17.9. The second kappa shape index (κ2) is 11.2. The lowest BCUT2D eigenvalue weighted by atomic mass is 9.87. The summed E-state index contributed by atoms with van der Waals surface area (Å²) in [5.41, 5.74) is 2.85. The number of aryl methyl sites for hydroxylation is 2. The zero-order chi connectivity index (χ0) is 27.7. The van der Waals surface area contributed by atoms with Gasteiger partial charge in [0.15, 0.2) is 14.1 Å². The Bertz CT molecular complexity index is 1230. The number of halogens is 2. The number of hydrogen-bond donors (Lipinski definition) is 0. The highest BCUT2D eigenvalue weighted by Crippen LogP contribution is 2.40. The van der Waals surface area contributed by atoms with Crippen LogP contribution in [0, 0.1) is 23.5 Å². The molecule has 3 aromatic rings. The average molecular weight is 539 g/mol. The SMILES string of the molecule is C[C@@H]1CN(c2ccncc2CCc2ccnc(-c3c(F)cccc3F)n2)C[C@H](C)C1O[Si](C)(C)C(C)(C)C. The first-order valence-electron chi connectivity index (χ1n) is 13.5. The molecule has 38 heavy (non-hydrogen) atoms. The van der Waals surface area contributed by atoms with Gasteiger partial charge in [-0.2, -0.15) is 0 Å². The Morgan fingerprint density at radius 3 is 2.26 bits per heavy atom. The van der Waals surface area contributed by atoms with Crippen molar-refractivity contribution in [3.63, 3.8) is 0 Å². The van der Waals surface area contributed by atoms with Gasteiger partial charge in [-0.1, -0.05) is 40.7 Å². The molecule has 3 heterocycles. The lowest BCUT2D eigenvalue weighted by Crippen LogP contribution is -2.54. The highest BCUT2D eigenvalue weighted by Gasteiger charge is 2.43. The smallest absolute Gasteiger partial charge is 0.192 e. The molecule has 0 spiro atoms. The summed E-state index contributed by atoms with van der Waals surface area (Å²) in [5, 5.41) is 0.181. The fourth-order valence-electron chi connectivity index (χ4n) is 5.04. The monoisotopic (exact) mass is 538 g/mol. The summed E-state index contributed by atoms with van der Waals surface area (Å²) in [6.07, 6.45) is 6.89. The molecule has 1 unspecified atom stereocenters. The topological polar surface area (TPSA) is 51.1 Å². The van der Waals surface area contributed by atoms with Crippen molar-refractivity contribution in [2.24, 2.45) is 11.8 Å². The van der Waals surface area contributed by atoms with E-state index in [1.165, 1.54) is 23.9 Å². The summed E-state index contributed by atoms with van der Waals surface area (Å²) in [6, 6.07) is 7.67. The van der Waals surface area contributed by atoms with Crippen LogP contribution in [-0.4, -0.2) is 42.5 Å². The minimum absolute atomic E-state index is 0.0657. The molecular weight excluding hydrogens is 498 g/mol. The van der Waals surface area contributed by atoms with Gasteiger partial charge in [0.25, 0.3) is 0 Å². The van der Waals surface area contributed by atoms with Gasteiger partial charge in [-0.05, 0) is 72.6 Å². The number of hydrogen-bond acceptors (Lipinski definition) is 5. The Morgan fingerprint density at radius 1 is 0.974 bits per heavy atom. The summed E-state index contributed by atoms with van der Waals surface area (Å²) in [7, 11) is -1.86. The molecule has 4 rings (SSSR count). The van der Waals surface area contributed by atoms with Crippen LogP contribution >= 0.6 is 0 Å². The standard InChI is InChI=1S/C30H40F2N4OSi/c1-20-18-36(19-21(2)28(20)37-38(6,7)30(3,4)5)26-14-15-33-17-22(26)11-12-23-13-16-34-29(35-23)27-24(31)9-8-10-25(27)32/h8-10,13-17,20-21,28H,11-12,18-19H2,1-7H3/t20-,21+,28?. The molecule has 1 aliphatic heterocycles. The van der Waals surface area contributed by atoms with Gasteiger partial charge in [-0.25, -0.2) is 18.7 Å². The van der Waals surface area contributed by atoms with Gasteiger partial charge in [0, 0.05) is 43.1 Å². The van der Waals surface area contributed by atoms with Crippen LogP contribution in [0.2, 0.25) is 18.1 Å². The lowest BCUT2D eigenvalue weighted by Gasteiger charge is -2.48. The van der Waals surface area contributed by atoms with Crippen LogP contribution in [0.15, 0.2) is 48.9 Å². The molecule has 0 N–H and O–H groups in total. The molecule has 0 radical (unpaired) electrons. The zero-order valence-electron chi connectivity index (χ0n) is 23.6. The molecule has 8 heteroatoms. The number of benzene rings is 1. The predicted molar refractivity (Wildman–Crippen MR) is 152 cm³/mol. The van der Waals surface area contributed by atoms with Crippen LogP contribution in [-0.2, 0) is 17.3 Å². The number of aromatic nitrogens is 3. The van der Waals surface area contributed by atoms with Gasteiger partial charge < -0.3 is 9.33 Å². The largest absolute Gasteiger partial charge is 0.413 e. The summed E-state index contributed by atoms with van der Waals surface area (Å²) >= 11 is 0. The molecular formula is C30H40F2N4OSi. The molecule has 0 saturated carbocycles. The zero-order valence-corrected chi connectivity index (χ0v) is 24.6. The Kier molecular flexibility index (Phi) is 8.33. The third-order valence-electron chi connectivity index (χ3n) is 8.14. The summed E-state index contributed by atoms with van der Waals surface area (Å²) in [5.74, 6) is -0.472. The molecule has 204 valence electrons. The minimum atomic E-state index is -1.86. The Labute approximate surface area is 226 Å². The van der Waals surface area contributed by atoms with Crippen molar-refractivity contribution >= 4 is 14.0 Å². The third-order valence-corrected chi connectivity index (χ3v) is 12.6. The van der Waals surface area contributed by atoms with E-state index in [1.54, 1.807) is 12.3 Å². The van der Waals surface area contributed by atoms with Gasteiger partial charge >= 0.3 is 0 Å². The summed E-state index contributed by atoms with van der Waals surface area (Å²) < 4.78 is 35.4. The summed E-state index contributed by atoms with van der Waals surface area (Å²) in [6.45, 7) is 18.0. The van der Waals surface area contributed by atoms with Gasteiger partial charge in [-0.15, -0.1) is 0 Å². The third kappa shape index (κ3) is 6.12. The van der Waals surface area contributed by atoms with E-state index in [-0.39, 0.29) is 22.5 Å². The first kappa shape index (κ1) is 28.3. The Hall–Kier alpha value is -2.71. The van der Waals surface area contributed by atoms with Crippen LogP contribution in [0.1, 0.15) is 45.9 Å². The van der Waals surface area contributed by atoms with Crippen molar-refractivity contribution in [2.45, 2.75) is 71.7 Å². The first-order valence-corrected chi connectivity index (χ1v) is 16.4. The van der Waals surface area contributed by atoms with E-state index in [9.17, 15) is 8.78 Å². The van der Waals surface area contributed by atoms with E-state index in [0.29, 0.717) is 24.7 Å². The van der Waals surface area contributed by atoms with E-state index in [0.717, 1.165) is 24.3 Å². The summed E-state index contributed by atoms with van der Waals surface area (Å²) in [4.78, 5) is 15.4. The van der Waals surface area contributed by atoms with Crippen LogP contribution in [0.5, 0.6) is 0 Å². The van der Waals surface area contributed by atoms with E-state index in [2.05, 4.69) is 73.6 Å². The van der Waals surface area contributed by atoms with Crippen LogP contribution in [0.25, 0.3) is 11.4 Å². The maximum Gasteiger partial charge on any atom is 0.192 e. The normalized spacial score (nSPS) is 20.6. The van der Waals surface area contributed by atoms with Crippen molar-refractivity contribution in [1.29, 1.82) is 0 Å². The second-order valence-corrected chi connectivity index (χ2v) is 16.9. The Balaban J connectivity index is 1.48. The van der Waals surface area contributed by atoms with Gasteiger partial charge in [-0.3, -0.25) is 4.98 Å².